The van der Waals surface area contributed by atoms with Gasteiger partial charge in [0.05, 0.1) is 5.25 Å². The molecule has 20 heavy (non-hydrogen) atoms. The summed E-state index contributed by atoms with van der Waals surface area (Å²) in [5.74, 6) is 0.501. The molecule has 0 spiro atoms. The van der Waals surface area contributed by atoms with Crippen molar-refractivity contribution in [3.8, 4) is 0 Å². The van der Waals surface area contributed by atoms with E-state index >= 15 is 0 Å². The van der Waals surface area contributed by atoms with E-state index in [2.05, 4.69) is 20.5 Å². The number of carbonyl (C=O) groups excluding carboxylic acids is 1. The predicted octanol–water partition coefficient (Wildman–Crippen LogP) is 2.33. The summed E-state index contributed by atoms with van der Waals surface area (Å²) in [5, 5.41) is 10.7. The lowest BCUT2D eigenvalue weighted by Crippen LogP contribution is -2.25. The lowest BCUT2D eigenvalue weighted by atomic mass is 10.2. The second-order valence-corrected chi connectivity index (χ2v) is 6.54. The van der Waals surface area contributed by atoms with Crippen molar-refractivity contribution in [1.29, 1.82) is 0 Å². The third kappa shape index (κ3) is 3.67. The van der Waals surface area contributed by atoms with Crippen LogP contribution in [0.25, 0.3) is 0 Å². The van der Waals surface area contributed by atoms with Crippen molar-refractivity contribution in [2.24, 2.45) is 0 Å². The summed E-state index contributed by atoms with van der Waals surface area (Å²) >= 11 is 2.65. The van der Waals surface area contributed by atoms with Crippen LogP contribution in [-0.2, 0) is 4.79 Å². The Morgan fingerprint density at radius 1 is 1.55 bits per heavy atom. The summed E-state index contributed by atoms with van der Waals surface area (Å²) in [4.78, 5) is 16.4. The molecule has 106 valence electrons. The van der Waals surface area contributed by atoms with Crippen molar-refractivity contribution in [3.63, 3.8) is 0 Å². The van der Waals surface area contributed by atoms with Gasteiger partial charge in [-0.2, -0.15) is 0 Å². The van der Waals surface area contributed by atoms with Gasteiger partial charge >= 0.3 is 0 Å². The first-order valence-corrected chi connectivity index (χ1v) is 7.78. The van der Waals surface area contributed by atoms with Gasteiger partial charge in [-0.3, -0.25) is 4.79 Å². The van der Waals surface area contributed by atoms with E-state index in [1.165, 1.54) is 23.1 Å². The maximum atomic E-state index is 12.3. The fraction of sp³-hybridized carbons (Fsp3) is 0.333. The molecule has 2 rings (SSSR count). The summed E-state index contributed by atoms with van der Waals surface area (Å²) in [5.41, 5.74) is 6.47. The Morgan fingerprint density at radius 2 is 2.35 bits per heavy atom. The molecule has 0 saturated heterocycles. The molecule has 3 N–H and O–H groups in total. The van der Waals surface area contributed by atoms with Gasteiger partial charge in [-0.25, -0.2) is 4.98 Å². The van der Waals surface area contributed by atoms with Crippen molar-refractivity contribution in [1.82, 2.24) is 15.2 Å². The molecular formula is C12H15N5OS2. The molecule has 1 atom stereocenters. The van der Waals surface area contributed by atoms with Gasteiger partial charge < -0.3 is 11.1 Å². The molecule has 6 nitrogen and oxygen atoms in total. The predicted molar refractivity (Wildman–Crippen MR) is 81.9 cm³/mol. The van der Waals surface area contributed by atoms with Crippen LogP contribution >= 0.6 is 23.1 Å². The number of hydrogen-bond donors (Lipinski definition) is 2. The van der Waals surface area contributed by atoms with Gasteiger partial charge in [0, 0.05) is 6.20 Å². The molecule has 0 aliphatic heterocycles. The van der Waals surface area contributed by atoms with E-state index in [-0.39, 0.29) is 11.2 Å². The SMILES string of the molecule is CCC(Sc1nnc(N)s1)C(=O)Nc1ncccc1C. The number of nitrogen functional groups attached to an aromatic ring is 1. The number of carbonyl (C=O) groups is 1. The van der Waals surface area contributed by atoms with Gasteiger partial charge in [-0.1, -0.05) is 36.1 Å². The van der Waals surface area contributed by atoms with Gasteiger partial charge in [0.25, 0.3) is 0 Å². The first-order chi connectivity index (χ1) is 9.60. The van der Waals surface area contributed by atoms with Gasteiger partial charge in [-0.15, -0.1) is 10.2 Å². The number of rotatable bonds is 5. The normalized spacial score (nSPS) is 12.1. The zero-order chi connectivity index (χ0) is 14.5. The minimum atomic E-state index is -0.247. The van der Waals surface area contributed by atoms with Crippen LogP contribution in [0.15, 0.2) is 22.7 Å². The number of anilines is 2. The van der Waals surface area contributed by atoms with Gasteiger partial charge in [-0.05, 0) is 25.0 Å². The average molecular weight is 309 g/mol. The van der Waals surface area contributed by atoms with E-state index in [0.29, 0.717) is 21.7 Å². The highest BCUT2D eigenvalue weighted by Crippen LogP contribution is 2.29. The van der Waals surface area contributed by atoms with Crippen LogP contribution in [-0.4, -0.2) is 26.3 Å². The Bertz CT molecular complexity index is 601. The smallest absolute Gasteiger partial charge is 0.239 e. The molecule has 1 unspecified atom stereocenters. The summed E-state index contributed by atoms with van der Waals surface area (Å²) in [6.45, 7) is 3.86. The molecule has 2 aromatic heterocycles. The highest BCUT2D eigenvalue weighted by molar-refractivity contribution is 8.02. The topological polar surface area (TPSA) is 93.8 Å². The van der Waals surface area contributed by atoms with Crippen LogP contribution in [0.5, 0.6) is 0 Å². The van der Waals surface area contributed by atoms with E-state index in [9.17, 15) is 4.79 Å². The lowest BCUT2D eigenvalue weighted by Gasteiger charge is -2.13. The number of nitrogens with one attached hydrogen (secondary N) is 1. The summed E-state index contributed by atoms with van der Waals surface area (Å²) in [7, 11) is 0. The van der Waals surface area contributed by atoms with Crippen molar-refractivity contribution in [3.05, 3.63) is 23.9 Å². The van der Waals surface area contributed by atoms with Crippen LogP contribution in [0.2, 0.25) is 0 Å². The van der Waals surface area contributed by atoms with Crippen molar-refractivity contribution < 1.29 is 4.79 Å². The van der Waals surface area contributed by atoms with Crippen LogP contribution in [0, 0.1) is 6.92 Å². The summed E-state index contributed by atoms with van der Waals surface area (Å²) in [6.07, 6.45) is 2.34. The Hall–Kier alpha value is -1.67. The zero-order valence-electron chi connectivity index (χ0n) is 11.2. The molecule has 0 aliphatic rings. The third-order valence-electron chi connectivity index (χ3n) is 2.58. The van der Waals surface area contributed by atoms with Gasteiger partial charge in [0.2, 0.25) is 11.0 Å². The molecule has 0 saturated carbocycles. The molecule has 2 aromatic rings. The molecule has 8 heteroatoms. The van der Waals surface area contributed by atoms with E-state index in [4.69, 9.17) is 5.73 Å². The molecular weight excluding hydrogens is 294 g/mol. The number of pyridine rings is 1. The zero-order valence-corrected chi connectivity index (χ0v) is 12.8. The van der Waals surface area contributed by atoms with Crippen LogP contribution < -0.4 is 11.1 Å². The minimum absolute atomic E-state index is 0.0897. The van der Waals surface area contributed by atoms with Gasteiger partial charge in [0.15, 0.2) is 4.34 Å². The van der Waals surface area contributed by atoms with Gasteiger partial charge in [0.1, 0.15) is 5.82 Å². The number of hydrogen-bond acceptors (Lipinski definition) is 7. The average Bonchev–Trinajstić information content (AvgIpc) is 2.84. The number of nitrogens with two attached hydrogens (primary N) is 1. The molecule has 0 bridgehead atoms. The van der Waals surface area contributed by atoms with Crippen LogP contribution in [0.4, 0.5) is 10.9 Å². The number of thioether (sulfide) groups is 1. The van der Waals surface area contributed by atoms with E-state index in [1.807, 2.05) is 26.0 Å². The fourth-order valence-corrected chi connectivity index (χ4v) is 3.33. The summed E-state index contributed by atoms with van der Waals surface area (Å²) in [6, 6.07) is 3.74. The first-order valence-electron chi connectivity index (χ1n) is 6.08. The highest BCUT2D eigenvalue weighted by atomic mass is 32.2. The van der Waals surface area contributed by atoms with E-state index in [1.54, 1.807) is 6.20 Å². The summed E-state index contributed by atoms with van der Waals surface area (Å²) < 4.78 is 0.697. The van der Waals surface area contributed by atoms with Crippen LogP contribution in [0.3, 0.4) is 0 Å². The second kappa shape index (κ2) is 6.67. The Morgan fingerprint density at radius 3 is 2.95 bits per heavy atom. The van der Waals surface area contributed by atoms with E-state index < -0.39 is 0 Å². The quantitative estimate of drug-likeness (QED) is 0.823. The lowest BCUT2D eigenvalue weighted by molar-refractivity contribution is -0.115. The number of amides is 1. The standard InChI is InChI=1S/C12H15N5OS2/c1-3-8(19-12-17-16-11(13)20-12)10(18)15-9-7(2)5-4-6-14-9/h4-6,8H,3H2,1-2H3,(H2,13,16)(H,14,15,18). The molecule has 1 amide bonds. The second-order valence-electron chi connectivity index (χ2n) is 4.08. The Balaban J connectivity index is 2.04. The molecule has 2 heterocycles. The number of nitrogens with zero attached hydrogens (tertiary/aromatic N) is 3. The minimum Gasteiger partial charge on any atom is -0.374 e. The fourth-order valence-electron chi connectivity index (χ4n) is 1.53. The molecule has 0 aromatic carbocycles. The van der Waals surface area contributed by atoms with Crippen molar-refractivity contribution in [2.75, 3.05) is 11.1 Å². The Labute approximate surface area is 125 Å². The largest absolute Gasteiger partial charge is 0.374 e. The Kier molecular flexibility index (Phi) is 4.91. The van der Waals surface area contributed by atoms with Crippen molar-refractivity contribution in [2.45, 2.75) is 29.9 Å². The third-order valence-corrected chi connectivity index (χ3v) is 4.78. The maximum absolute atomic E-state index is 12.3. The maximum Gasteiger partial charge on any atom is 0.239 e. The van der Waals surface area contributed by atoms with Crippen molar-refractivity contribution >= 4 is 40.0 Å². The molecule has 0 aliphatic carbocycles. The number of aryl methyl sites for hydroxylation is 1. The van der Waals surface area contributed by atoms with E-state index in [0.717, 1.165) is 5.56 Å². The monoisotopic (exact) mass is 309 g/mol. The highest BCUT2D eigenvalue weighted by Gasteiger charge is 2.20. The first kappa shape index (κ1) is 14.7. The molecule has 0 fully saturated rings. The van der Waals surface area contributed by atoms with Crippen LogP contribution in [0.1, 0.15) is 18.9 Å². The molecule has 0 radical (unpaired) electrons. The number of aromatic nitrogens is 3.